The highest BCUT2D eigenvalue weighted by atomic mass is 127. The zero-order valence-electron chi connectivity index (χ0n) is 15.2. The molecule has 0 spiro atoms. The molecule has 0 amide bonds. The summed E-state index contributed by atoms with van der Waals surface area (Å²) >= 11 is 0. The first-order valence-electron chi connectivity index (χ1n) is 8.26. The summed E-state index contributed by atoms with van der Waals surface area (Å²) < 4.78 is 45.2. The number of rotatable bonds is 8. The van der Waals surface area contributed by atoms with E-state index in [1.54, 1.807) is 0 Å². The van der Waals surface area contributed by atoms with Gasteiger partial charge in [-0.25, -0.2) is 16.8 Å². The van der Waals surface area contributed by atoms with Gasteiger partial charge in [-0.15, -0.1) is 24.0 Å². The standard InChI is InChI=1S/C14H30N4O4S2.HI/c1-4-15-14(17-13(2)5-10-23(3,19)20)16-6-7-18-8-11-24(21,22)12-9-18;/h13H,4-12H2,1-3H3,(H2,15,16,17);1H. The van der Waals surface area contributed by atoms with Crippen molar-refractivity contribution in [1.29, 1.82) is 0 Å². The number of halogens is 1. The van der Waals surface area contributed by atoms with E-state index in [1.807, 2.05) is 13.8 Å². The number of sulfone groups is 2. The van der Waals surface area contributed by atoms with Crippen LogP contribution in [0, 0.1) is 0 Å². The fourth-order valence-corrected chi connectivity index (χ4v) is 4.35. The summed E-state index contributed by atoms with van der Waals surface area (Å²) in [6.07, 6.45) is 1.76. The Bertz CT molecular complexity index is 609. The van der Waals surface area contributed by atoms with Gasteiger partial charge in [-0.1, -0.05) is 0 Å². The van der Waals surface area contributed by atoms with Crippen LogP contribution in [0.3, 0.4) is 0 Å². The molecule has 0 aromatic rings. The first-order chi connectivity index (χ1) is 11.1. The molecule has 1 heterocycles. The zero-order chi connectivity index (χ0) is 18.2. The van der Waals surface area contributed by atoms with Gasteiger partial charge in [0.25, 0.3) is 0 Å². The van der Waals surface area contributed by atoms with Crippen LogP contribution in [0.1, 0.15) is 20.3 Å². The van der Waals surface area contributed by atoms with E-state index < -0.39 is 19.7 Å². The fourth-order valence-electron chi connectivity index (χ4n) is 2.29. The van der Waals surface area contributed by atoms with E-state index in [0.717, 1.165) is 0 Å². The maximum atomic E-state index is 11.4. The summed E-state index contributed by atoms with van der Waals surface area (Å²) in [7, 11) is -5.82. The molecule has 1 saturated heterocycles. The van der Waals surface area contributed by atoms with E-state index in [-0.39, 0.29) is 47.3 Å². The molecule has 150 valence electrons. The fraction of sp³-hybridized carbons (Fsp3) is 0.929. The molecule has 0 aromatic heterocycles. The van der Waals surface area contributed by atoms with Crippen LogP contribution in [0.5, 0.6) is 0 Å². The average Bonchev–Trinajstić information content (AvgIpc) is 2.46. The number of hydrogen-bond acceptors (Lipinski definition) is 6. The molecule has 2 N–H and O–H groups in total. The lowest BCUT2D eigenvalue weighted by Gasteiger charge is -2.26. The quantitative estimate of drug-likeness (QED) is 0.263. The summed E-state index contributed by atoms with van der Waals surface area (Å²) in [5.74, 6) is 1.24. The Labute approximate surface area is 169 Å². The van der Waals surface area contributed by atoms with Crippen LogP contribution in [0.2, 0.25) is 0 Å². The highest BCUT2D eigenvalue weighted by Gasteiger charge is 2.20. The van der Waals surface area contributed by atoms with Crippen LogP contribution < -0.4 is 10.6 Å². The van der Waals surface area contributed by atoms with Crippen LogP contribution in [-0.2, 0) is 19.7 Å². The number of aliphatic imine (C=N–C) groups is 1. The minimum atomic E-state index is -2.96. The lowest BCUT2D eigenvalue weighted by molar-refractivity contribution is 0.304. The largest absolute Gasteiger partial charge is 0.357 e. The van der Waals surface area contributed by atoms with Gasteiger partial charge in [-0.2, -0.15) is 0 Å². The molecule has 1 aliphatic heterocycles. The molecule has 1 atom stereocenters. The first kappa shape index (κ1) is 24.9. The molecule has 0 radical (unpaired) electrons. The van der Waals surface area contributed by atoms with Crippen LogP contribution in [0.15, 0.2) is 4.99 Å². The Morgan fingerprint density at radius 2 is 1.88 bits per heavy atom. The molecule has 0 aromatic carbocycles. The van der Waals surface area contributed by atoms with E-state index >= 15 is 0 Å². The number of nitrogens with one attached hydrogen (secondary N) is 2. The molecule has 25 heavy (non-hydrogen) atoms. The van der Waals surface area contributed by atoms with Gasteiger partial charge in [0.2, 0.25) is 0 Å². The molecule has 0 aliphatic carbocycles. The van der Waals surface area contributed by atoms with Crippen molar-refractivity contribution >= 4 is 49.6 Å². The van der Waals surface area contributed by atoms with E-state index in [2.05, 4.69) is 20.5 Å². The van der Waals surface area contributed by atoms with E-state index in [0.29, 0.717) is 45.1 Å². The Morgan fingerprint density at radius 3 is 2.40 bits per heavy atom. The van der Waals surface area contributed by atoms with Gasteiger partial charge in [0, 0.05) is 38.5 Å². The predicted molar refractivity (Wildman–Crippen MR) is 113 cm³/mol. The van der Waals surface area contributed by atoms with E-state index in [1.165, 1.54) is 6.26 Å². The topological polar surface area (TPSA) is 108 Å². The third-order valence-corrected chi connectivity index (χ3v) is 6.36. The first-order valence-corrected chi connectivity index (χ1v) is 12.1. The van der Waals surface area contributed by atoms with Crippen molar-refractivity contribution in [2.24, 2.45) is 4.99 Å². The molecule has 8 nitrogen and oxygen atoms in total. The summed E-state index contributed by atoms with van der Waals surface area (Å²) in [6, 6.07) is -0.00217. The smallest absolute Gasteiger partial charge is 0.191 e. The van der Waals surface area contributed by atoms with Gasteiger partial charge in [-0.05, 0) is 20.3 Å². The van der Waals surface area contributed by atoms with Crippen LogP contribution in [-0.4, -0.2) is 90.0 Å². The molecule has 0 saturated carbocycles. The summed E-state index contributed by atoms with van der Waals surface area (Å²) in [5.41, 5.74) is 0. The molecular formula is C14H31IN4O4S2. The van der Waals surface area contributed by atoms with Gasteiger partial charge < -0.3 is 10.6 Å². The molecule has 1 rings (SSSR count). The van der Waals surface area contributed by atoms with Crippen molar-refractivity contribution in [3.05, 3.63) is 0 Å². The van der Waals surface area contributed by atoms with Crippen molar-refractivity contribution in [1.82, 2.24) is 15.5 Å². The third-order valence-electron chi connectivity index (χ3n) is 3.77. The van der Waals surface area contributed by atoms with Gasteiger partial charge in [0.15, 0.2) is 15.8 Å². The van der Waals surface area contributed by atoms with Crippen LogP contribution >= 0.6 is 24.0 Å². The third kappa shape index (κ3) is 12.0. The van der Waals surface area contributed by atoms with Gasteiger partial charge in [-0.3, -0.25) is 9.89 Å². The highest BCUT2D eigenvalue weighted by molar-refractivity contribution is 14.0. The minimum absolute atomic E-state index is 0. The number of guanidine groups is 1. The van der Waals surface area contributed by atoms with Crippen LogP contribution in [0.4, 0.5) is 0 Å². The molecule has 1 fully saturated rings. The maximum Gasteiger partial charge on any atom is 0.191 e. The molecule has 11 heteroatoms. The van der Waals surface area contributed by atoms with Crippen LogP contribution in [0.25, 0.3) is 0 Å². The monoisotopic (exact) mass is 510 g/mol. The molecule has 0 bridgehead atoms. The summed E-state index contributed by atoms with van der Waals surface area (Å²) in [4.78, 5) is 6.58. The van der Waals surface area contributed by atoms with Gasteiger partial charge in [0.05, 0.1) is 23.8 Å². The highest BCUT2D eigenvalue weighted by Crippen LogP contribution is 2.03. The molecule has 1 aliphatic rings. The van der Waals surface area contributed by atoms with E-state index in [9.17, 15) is 16.8 Å². The van der Waals surface area contributed by atoms with Crippen molar-refractivity contribution in [3.8, 4) is 0 Å². The second kappa shape index (κ2) is 11.5. The average molecular weight is 510 g/mol. The van der Waals surface area contributed by atoms with Gasteiger partial charge in [0.1, 0.15) is 9.84 Å². The zero-order valence-corrected chi connectivity index (χ0v) is 19.2. The Balaban J connectivity index is 0.00000576. The Kier molecular flexibility index (Phi) is 11.5. The minimum Gasteiger partial charge on any atom is -0.357 e. The van der Waals surface area contributed by atoms with Crippen molar-refractivity contribution in [3.63, 3.8) is 0 Å². The lowest BCUT2D eigenvalue weighted by Crippen LogP contribution is -2.44. The molecule has 1 unspecified atom stereocenters. The molecular weight excluding hydrogens is 479 g/mol. The lowest BCUT2D eigenvalue weighted by atomic mass is 10.3. The SMILES string of the molecule is CCNC(=NCCN1CCS(=O)(=O)CC1)NC(C)CCS(C)(=O)=O.I. The summed E-state index contributed by atoms with van der Waals surface area (Å²) in [6.45, 7) is 7.01. The Morgan fingerprint density at radius 1 is 1.28 bits per heavy atom. The second-order valence-electron chi connectivity index (χ2n) is 6.22. The van der Waals surface area contributed by atoms with Crippen molar-refractivity contribution in [2.45, 2.75) is 26.3 Å². The summed E-state index contributed by atoms with van der Waals surface area (Å²) in [5, 5.41) is 6.34. The van der Waals surface area contributed by atoms with E-state index in [4.69, 9.17) is 0 Å². The van der Waals surface area contributed by atoms with Gasteiger partial charge >= 0.3 is 0 Å². The number of hydrogen-bond donors (Lipinski definition) is 2. The Hall–Kier alpha value is -0.140. The van der Waals surface area contributed by atoms with Crippen molar-refractivity contribution in [2.75, 3.05) is 56.2 Å². The predicted octanol–water partition coefficient (Wildman–Crippen LogP) is -0.287. The maximum absolute atomic E-state index is 11.4. The normalized spacial score (nSPS) is 19.7. The van der Waals surface area contributed by atoms with Crippen molar-refractivity contribution < 1.29 is 16.8 Å². The number of nitrogens with zero attached hydrogens (tertiary/aromatic N) is 2. The second-order valence-corrected chi connectivity index (χ2v) is 10.8.